The first-order chi connectivity index (χ1) is 19.8. The van der Waals surface area contributed by atoms with Crippen LogP contribution in [0.3, 0.4) is 0 Å². The van der Waals surface area contributed by atoms with E-state index in [2.05, 4.69) is 15.0 Å². The van der Waals surface area contributed by atoms with Crippen molar-refractivity contribution in [3.05, 3.63) is 48.0 Å². The van der Waals surface area contributed by atoms with Crippen LogP contribution in [0.5, 0.6) is 0 Å². The maximum absolute atomic E-state index is 12.4. The Hall–Kier alpha value is -5.27. The predicted molar refractivity (Wildman–Crippen MR) is 135 cm³/mol. The Labute approximate surface area is 229 Å². The molecule has 210 valence electrons. The third-order valence-corrected chi connectivity index (χ3v) is 7.22. The summed E-state index contributed by atoms with van der Waals surface area (Å²) in [5.41, 5.74) is 1.90. The van der Waals surface area contributed by atoms with Crippen LogP contribution in [0, 0.1) is 5.92 Å². The van der Waals surface area contributed by atoms with Gasteiger partial charge in [-0.15, -0.1) is 0 Å². The first-order valence-electron chi connectivity index (χ1n) is 12.7. The molecule has 1 saturated carbocycles. The van der Waals surface area contributed by atoms with Crippen LogP contribution in [0.25, 0.3) is 33.7 Å². The highest BCUT2D eigenvalue weighted by molar-refractivity contribution is 6.37. The Bertz CT molecular complexity index is 1740. The summed E-state index contributed by atoms with van der Waals surface area (Å²) < 4.78 is 36.8. The molecular formula is C27H21N3O11. The van der Waals surface area contributed by atoms with Crippen LogP contribution in [-0.2, 0) is 33.3 Å². The van der Waals surface area contributed by atoms with Crippen molar-refractivity contribution < 1.29 is 51.7 Å². The van der Waals surface area contributed by atoms with E-state index >= 15 is 0 Å². The summed E-state index contributed by atoms with van der Waals surface area (Å²) >= 11 is 0. The molecule has 1 aliphatic carbocycles. The summed E-state index contributed by atoms with van der Waals surface area (Å²) in [6.07, 6.45) is 4.11. The molecule has 7 rings (SSSR count). The lowest BCUT2D eigenvalue weighted by molar-refractivity contribution is -0.151. The number of fused-ring (bicyclic) bond motifs is 3. The number of aromatic amines is 2. The molecule has 0 bridgehead atoms. The van der Waals surface area contributed by atoms with E-state index in [4.69, 9.17) is 32.5 Å². The third-order valence-electron chi connectivity index (χ3n) is 7.22. The van der Waals surface area contributed by atoms with Crippen molar-refractivity contribution in [2.45, 2.75) is 31.4 Å². The quantitative estimate of drug-likeness (QED) is 0.225. The molecule has 2 aliphatic heterocycles. The van der Waals surface area contributed by atoms with E-state index in [9.17, 15) is 19.2 Å². The second-order valence-electron chi connectivity index (χ2n) is 9.66. The zero-order valence-corrected chi connectivity index (χ0v) is 21.4. The van der Waals surface area contributed by atoms with Crippen LogP contribution in [0.15, 0.2) is 50.4 Å². The summed E-state index contributed by atoms with van der Waals surface area (Å²) in [5, 5.41) is 0. The predicted octanol–water partition coefficient (Wildman–Crippen LogP) is 3.35. The van der Waals surface area contributed by atoms with E-state index in [1.54, 1.807) is 25.3 Å². The molecule has 4 aromatic heterocycles. The van der Waals surface area contributed by atoms with Crippen molar-refractivity contribution in [3.63, 3.8) is 0 Å². The molecule has 2 N–H and O–H groups in total. The first-order valence-corrected chi connectivity index (χ1v) is 12.7. The number of nitrogens with zero attached hydrogens (tertiary/aromatic N) is 1. The summed E-state index contributed by atoms with van der Waals surface area (Å²) in [5.74, 6) is -1.63. The number of carbonyl (C=O) groups excluding carboxylic acids is 4. The Morgan fingerprint density at radius 2 is 1.46 bits per heavy atom. The largest absolute Gasteiger partial charge is 0.495 e. The van der Waals surface area contributed by atoms with Gasteiger partial charge in [0.15, 0.2) is 22.7 Å². The lowest BCUT2D eigenvalue weighted by Gasteiger charge is -2.07. The summed E-state index contributed by atoms with van der Waals surface area (Å²) in [4.78, 5) is 58.2. The van der Waals surface area contributed by atoms with Gasteiger partial charge in [0.2, 0.25) is 13.6 Å². The van der Waals surface area contributed by atoms with Gasteiger partial charge in [-0.25, -0.2) is 14.4 Å². The number of esters is 4. The number of furan rings is 2. The molecule has 41 heavy (non-hydrogen) atoms. The van der Waals surface area contributed by atoms with Crippen LogP contribution in [0.2, 0.25) is 0 Å². The zero-order chi connectivity index (χ0) is 28.3. The van der Waals surface area contributed by atoms with Crippen LogP contribution >= 0.6 is 0 Å². The number of nitrogens with one attached hydrogen (secondary N) is 2. The van der Waals surface area contributed by atoms with E-state index in [1.807, 2.05) is 6.08 Å². The van der Waals surface area contributed by atoms with Crippen molar-refractivity contribution in [2.24, 2.45) is 10.9 Å². The number of ether oxygens (including phenoxy) is 5. The van der Waals surface area contributed by atoms with Gasteiger partial charge in [0.25, 0.3) is 0 Å². The minimum atomic E-state index is -0.733. The summed E-state index contributed by atoms with van der Waals surface area (Å²) in [6, 6.07) is 6.19. The number of hydrogen-bond acceptors (Lipinski definition) is 12. The fraction of sp³-hybridized carbons (Fsp3) is 0.296. The van der Waals surface area contributed by atoms with Gasteiger partial charge in [-0.05, 0) is 6.08 Å². The van der Waals surface area contributed by atoms with Crippen LogP contribution in [0.1, 0.15) is 40.7 Å². The van der Waals surface area contributed by atoms with E-state index in [-0.39, 0.29) is 29.8 Å². The van der Waals surface area contributed by atoms with E-state index < -0.39 is 43.0 Å². The Morgan fingerprint density at radius 1 is 0.878 bits per heavy atom. The Balaban J connectivity index is 0.941. The lowest BCUT2D eigenvalue weighted by Crippen LogP contribution is -2.21. The average molecular weight is 563 g/mol. The van der Waals surface area contributed by atoms with Crippen LogP contribution in [0.4, 0.5) is 0 Å². The second-order valence-corrected chi connectivity index (χ2v) is 9.66. The minimum Gasteiger partial charge on any atom is -0.495 e. The van der Waals surface area contributed by atoms with Gasteiger partial charge in [0.05, 0.1) is 17.3 Å². The van der Waals surface area contributed by atoms with Crippen molar-refractivity contribution in [1.82, 2.24) is 9.97 Å². The van der Waals surface area contributed by atoms with Crippen molar-refractivity contribution in [1.29, 1.82) is 0 Å². The highest BCUT2D eigenvalue weighted by Gasteiger charge is 2.71. The van der Waals surface area contributed by atoms with Gasteiger partial charge >= 0.3 is 23.9 Å². The molecule has 14 heteroatoms. The normalized spacial score (nSPS) is 21.7. The first kappa shape index (κ1) is 24.7. The highest BCUT2D eigenvalue weighted by atomic mass is 16.7. The van der Waals surface area contributed by atoms with Gasteiger partial charge in [-0.2, -0.15) is 0 Å². The molecular weight excluding hydrogens is 542 g/mol. The van der Waals surface area contributed by atoms with Gasteiger partial charge in [-0.3, -0.25) is 9.79 Å². The maximum Gasteiger partial charge on any atom is 0.357 e. The average Bonchev–Trinajstić information content (AvgIpc) is 3.69. The van der Waals surface area contributed by atoms with E-state index in [0.717, 1.165) is 0 Å². The zero-order valence-electron chi connectivity index (χ0n) is 21.4. The number of hydrogen-bond donors (Lipinski definition) is 2. The Kier molecular flexibility index (Phi) is 5.52. The van der Waals surface area contributed by atoms with Gasteiger partial charge in [0.1, 0.15) is 28.7 Å². The molecule has 6 heterocycles. The van der Waals surface area contributed by atoms with Crippen molar-refractivity contribution >= 4 is 51.8 Å². The highest BCUT2D eigenvalue weighted by Crippen LogP contribution is 2.59. The number of aliphatic imine (C=N–C) groups is 1. The SMILES string of the molecule is CCC(=O)OCOC(=O)c1cc2oc(-c3cc4[nH]c(C(=O)OCOC(=O)C5=NC67C=COC6C7C5)cc4o3)cc2[nH]1. The topological polar surface area (TPSA) is 185 Å². The molecule has 3 unspecified atom stereocenters. The molecule has 3 atom stereocenters. The molecule has 1 fully saturated rings. The summed E-state index contributed by atoms with van der Waals surface area (Å²) in [6.45, 7) is 0.582. The molecule has 14 nitrogen and oxygen atoms in total. The van der Waals surface area contributed by atoms with Crippen LogP contribution < -0.4 is 0 Å². The number of carbonyl (C=O) groups is 4. The molecule has 0 amide bonds. The third kappa shape index (κ3) is 4.15. The van der Waals surface area contributed by atoms with E-state index in [0.29, 0.717) is 45.9 Å². The molecule has 0 saturated heterocycles. The van der Waals surface area contributed by atoms with Crippen molar-refractivity contribution in [3.8, 4) is 11.5 Å². The van der Waals surface area contributed by atoms with E-state index in [1.165, 1.54) is 12.1 Å². The van der Waals surface area contributed by atoms with Gasteiger partial charge < -0.3 is 42.5 Å². The lowest BCUT2D eigenvalue weighted by atomic mass is 10.2. The van der Waals surface area contributed by atoms with Gasteiger partial charge in [-0.1, -0.05) is 6.92 Å². The van der Waals surface area contributed by atoms with Crippen LogP contribution in [-0.4, -0.2) is 64.8 Å². The van der Waals surface area contributed by atoms with Crippen molar-refractivity contribution in [2.75, 3.05) is 13.6 Å². The standard InChI is InChI=1S/C27H21N3O11/c1-2-22(31)36-10-37-24(32)15-8-18-13(28-15)6-20(40-18)21-7-14-19(41-21)9-16(29-14)25(33)38-11-39-26(34)17-5-12-23-27(12,30-17)3-4-35-23/h3-4,6-9,12,23,28-29H,2,5,10-11H2,1H3. The Morgan fingerprint density at radius 3 is 2.02 bits per heavy atom. The monoisotopic (exact) mass is 563 g/mol. The molecule has 3 aliphatic rings. The van der Waals surface area contributed by atoms with Gasteiger partial charge in [0, 0.05) is 43.0 Å². The number of rotatable bonds is 9. The number of aromatic nitrogens is 2. The molecule has 4 aromatic rings. The minimum absolute atomic E-state index is 0.0139. The maximum atomic E-state index is 12.4. The fourth-order valence-corrected chi connectivity index (χ4v) is 5.09. The molecule has 0 aromatic carbocycles. The number of H-pyrrole nitrogens is 2. The molecule has 1 spiro atoms. The molecule has 0 radical (unpaired) electrons. The summed E-state index contributed by atoms with van der Waals surface area (Å²) in [7, 11) is 0. The smallest absolute Gasteiger partial charge is 0.357 e. The second kappa shape index (κ2) is 9.15. The fourth-order valence-electron chi connectivity index (χ4n) is 5.09.